The maximum atomic E-state index is 11.7. The van der Waals surface area contributed by atoms with Gasteiger partial charge in [0.05, 0.1) is 0 Å². The molecular formula is C30H24O2. The van der Waals surface area contributed by atoms with Crippen molar-refractivity contribution in [2.75, 3.05) is 0 Å². The van der Waals surface area contributed by atoms with Gasteiger partial charge in [0.15, 0.2) is 5.78 Å². The van der Waals surface area contributed by atoms with Crippen LogP contribution < -0.4 is 0 Å². The highest BCUT2D eigenvalue weighted by atomic mass is 16.1. The summed E-state index contributed by atoms with van der Waals surface area (Å²) in [4.78, 5) is 21.7. The molecule has 0 atom stereocenters. The number of benzene rings is 4. The van der Waals surface area contributed by atoms with Crippen LogP contribution in [-0.2, 0) is 0 Å². The van der Waals surface area contributed by atoms with Crippen molar-refractivity contribution in [1.82, 2.24) is 0 Å². The molecule has 0 aliphatic rings. The summed E-state index contributed by atoms with van der Waals surface area (Å²) in [5.74, 6) is 2.56. The molecule has 156 valence electrons. The van der Waals surface area contributed by atoms with Crippen LogP contribution in [0.25, 0.3) is 6.08 Å². The monoisotopic (exact) mass is 416 g/mol. The summed E-state index contributed by atoms with van der Waals surface area (Å²) in [5.41, 5.74) is 3.42. The summed E-state index contributed by atoms with van der Waals surface area (Å²) in [7, 11) is 0. The van der Waals surface area contributed by atoms with Crippen LogP contribution in [0, 0.1) is 12.3 Å². The largest absolute Gasteiger partial charge is 0.298 e. The van der Waals surface area contributed by atoms with E-state index in [1.54, 1.807) is 18.2 Å². The van der Waals surface area contributed by atoms with Gasteiger partial charge in [-0.25, -0.2) is 0 Å². The van der Waals surface area contributed by atoms with Gasteiger partial charge in [0.25, 0.3) is 0 Å². The van der Waals surface area contributed by atoms with Crippen molar-refractivity contribution in [1.29, 1.82) is 0 Å². The molecule has 0 aromatic heterocycles. The van der Waals surface area contributed by atoms with Gasteiger partial charge in [-0.3, -0.25) is 9.59 Å². The molecule has 4 rings (SSSR count). The predicted molar refractivity (Wildman–Crippen MR) is 132 cm³/mol. The van der Waals surface area contributed by atoms with Crippen molar-refractivity contribution >= 4 is 18.1 Å². The number of hydrogen-bond donors (Lipinski definition) is 0. The van der Waals surface area contributed by atoms with Crippen molar-refractivity contribution in [3.63, 3.8) is 0 Å². The van der Waals surface area contributed by atoms with Gasteiger partial charge >= 0.3 is 0 Å². The number of terminal acetylenes is 1. The van der Waals surface area contributed by atoms with Gasteiger partial charge in [0.1, 0.15) is 6.29 Å². The van der Waals surface area contributed by atoms with Gasteiger partial charge < -0.3 is 0 Å². The number of aldehydes is 1. The molecule has 0 saturated heterocycles. The van der Waals surface area contributed by atoms with E-state index in [1.165, 1.54) is 0 Å². The third kappa shape index (κ3) is 9.35. The second-order valence-electron chi connectivity index (χ2n) is 6.51. The lowest BCUT2D eigenvalue weighted by molar-refractivity contribution is 0.104. The SMILES string of the molecule is C#Cc1ccccc1.O=C(/C=C/c1ccccc1)c1ccccc1.O=Cc1ccccc1. The van der Waals surface area contributed by atoms with Gasteiger partial charge in [-0.1, -0.05) is 121 Å². The van der Waals surface area contributed by atoms with E-state index in [1.807, 2.05) is 115 Å². The lowest BCUT2D eigenvalue weighted by Gasteiger charge is -1.94. The van der Waals surface area contributed by atoms with E-state index in [2.05, 4.69) is 5.92 Å². The molecule has 32 heavy (non-hydrogen) atoms. The molecule has 0 N–H and O–H groups in total. The van der Waals surface area contributed by atoms with Crippen LogP contribution in [0.2, 0.25) is 0 Å². The lowest BCUT2D eigenvalue weighted by atomic mass is 10.1. The summed E-state index contributed by atoms with van der Waals surface area (Å²) < 4.78 is 0. The summed E-state index contributed by atoms with van der Waals surface area (Å²) >= 11 is 0. The van der Waals surface area contributed by atoms with E-state index >= 15 is 0 Å². The normalized spacial score (nSPS) is 9.34. The number of ketones is 1. The number of hydrogen-bond acceptors (Lipinski definition) is 2. The lowest BCUT2D eigenvalue weighted by Crippen LogP contribution is -1.92. The summed E-state index contributed by atoms with van der Waals surface area (Å²) in [6, 6.07) is 37.8. The first-order valence-corrected chi connectivity index (χ1v) is 10.1. The quantitative estimate of drug-likeness (QED) is 0.160. The molecule has 2 nitrogen and oxygen atoms in total. The maximum absolute atomic E-state index is 11.7. The summed E-state index contributed by atoms with van der Waals surface area (Å²) in [6.45, 7) is 0. The van der Waals surface area contributed by atoms with Crippen LogP contribution >= 0.6 is 0 Å². The second-order valence-corrected chi connectivity index (χ2v) is 6.51. The number of rotatable bonds is 4. The minimum atomic E-state index is 0.0319. The Morgan fingerprint density at radius 2 is 1.06 bits per heavy atom. The molecular weight excluding hydrogens is 392 g/mol. The molecule has 0 spiro atoms. The number of allylic oxidation sites excluding steroid dienone is 1. The van der Waals surface area contributed by atoms with Gasteiger partial charge in [-0.15, -0.1) is 6.42 Å². The minimum absolute atomic E-state index is 0.0319. The highest BCUT2D eigenvalue weighted by Gasteiger charge is 1.98. The van der Waals surface area contributed by atoms with Crippen LogP contribution in [0.3, 0.4) is 0 Å². The fourth-order valence-electron chi connectivity index (χ4n) is 2.50. The first-order chi connectivity index (χ1) is 15.7. The molecule has 0 amide bonds. The molecule has 0 fully saturated rings. The smallest absolute Gasteiger partial charge is 0.185 e. The second kappa shape index (κ2) is 14.5. The highest BCUT2D eigenvalue weighted by Crippen LogP contribution is 2.05. The Morgan fingerprint density at radius 1 is 0.625 bits per heavy atom. The zero-order valence-corrected chi connectivity index (χ0v) is 17.7. The Kier molecular flexibility index (Phi) is 10.8. The highest BCUT2D eigenvalue weighted by molar-refractivity contribution is 6.06. The third-order valence-corrected chi connectivity index (χ3v) is 4.16. The van der Waals surface area contributed by atoms with E-state index in [0.29, 0.717) is 0 Å². The van der Waals surface area contributed by atoms with Crippen LogP contribution in [0.15, 0.2) is 127 Å². The average Bonchev–Trinajstić information content (AvgIpc) is 2.90. The molecule has 0 aliphatic carbocycles. The van der Waals surface area contributed by atoms with E-state index < -0.39 is 0 Å². The maximum Gasteiger partial charge on any atom is 0.185 e. The summed E-state index contributed by atoms with van der Waals surface area (Å²) in [5, 5.41) is 0. The Hall–Kier alpha value is -4.48. The average molecular weight is 417 g/mol. The number of carbonyl (C=O) groups excluding carboxylic acids is 2. The molecule has 0 aliphatic heterocycles. The van der Waals surface area contributed by atoms with Gasteiger partial charge in [0, 0.05) is 16.7 Å². The van der Waals surface area contributed by atoms with Gasteiger partial charge in [-0.05, 0) is 23.8 Å². The molecule has 0 bridgehead atoms. The zero-order valence-electron chi connectivity index (χ0n) is 17.7. The third-order valence-electron chi connectivity index (χ3n) is 4.16. The van der Waals surface area contributed by atoms with E-state index in [0.717, 1.165) is 28.5 Å². The minimum Gasteiger partial charge on any atom is -0.298 e. The molecule has 0 heterocycles. The first kappa shape index (κ1) is 23.8. The fraction of sp³-hybridized carbons (Fsp3) is 0. The van der Waals surface area contributed by atoms with Crippen molar-refractivity contribution in [2.24, 2.45) is 0 Å². The fourth-order valence-corrected chi connectivity index (χ4v) is 2.50. The molecule has 4 aromatic rings. The number of carbonyl (C=O) groups is 2. The van der Waals surface area contributed by atoms with E-state index in [4.69, 9.17) is 6.42 Å². The first-order valence-electron chi connectivity index (χ1n) is 10.1. The molecule has 4 aromatic carbocycles. The molecule has 0 unspecified atom stereocenters. The van der Waals surface area contributed by atoms with Crippen LogP contribution in [0.5, 0.6) is 0 Å². The Labute approximate surface area is 189 Å². The van der Waals surface area contributed by atoms with Crippen molar-refractivity contribution in [2.45, 2.75) is 0 Å². The Balaban J connectivity index is 0.000000190. The standard InChI is InChI=1S/C15H12O.C8H6.C7H6O/c16-15(14-9-5-2-6-10-14)12-11-13-7-3-1-4-8-13;1-2-8-6-4-3-5-7-8;8-6-7-4-2-1-3-5-7/h1-12H;1,3-7H;1-6H/b12-11+;;. The topological polar surface area (TPSA) is 34.1 Å². The van der Waals surface area contributed by atoms with Crippen molar-refractivity contribution in [3.8, 4) is 12.3 Å². The van der Waals surface area contributed by atoms with Crippen LogP contribution in [0.1, 0.15) is 31.8 Å². The zero-order chi connectivity index (χ0) is 22.9. The molecule has 0 saturated carbocycles. The van der Waals surface area contributed by atoms with Crippen molar-refractivity contribution < 1.29 is 9.59 Å². The molecule has 0 radical (unpaired) electrons. The van der Waals surface area contributed by atoms with E-state index in [-0.39, 0.29) is 5.78 Å². The van der Waals surface area contributed by atoms with Gasteiger partial charge in [0.2, 0.25) is 0 Å². The van der Waals surface area contributed by atoms with Crippen LogP contribution in [0.4, 0.5) is 0 Å². The van der Waals surface area contributed by atoms with Crippen LogP contribution in [-0.4, -0.2) is 12.1 Å². The summed E-state index contributed by atoms with van der Waals surface area (Å²) in [6.07, 6.45) is 9.36. The predicted octanol–water partition coefficient (Wildman–Crippen LogP) is 6.75. The Morgan fingerprint density at radius 3 is 1.47 bits per heavy atom. The van der Waals surface area contributed by atoms with Gasteiger partial charge in [-0.2, -0.15) is 0 Å². The Bertz CT molecular complexity index is 1130. The molecule has 2 heteroatoms. The van der Waals surface area contributed by atoms with Crippen molar-refractivity contribution in [3.05, 3.63) is 150 Å². The van der Waals surface area contributed by atoms with E-state index in [9.17, 15) is 9.59 Å².